The van der Waals surface area contributed by atoms with E-state index in [0.29, 0.717) is 6.47 Å². The summed E-state index contributed by atoms with van der Waals surface area (Å²) in [5.74, 6) is 0. The van der Waals surface area contributed by atoms with Crippen LogP contribution in [-0.4, -0.2) is 25.3 Å². The molecule has 0 saturated carbocycles. The Morgan fingerprint density at radius 2 is 2.62 bits per heavy atom. The molecule has 8 heavy (non-hydrogen) atoms. The van der Waals surface area contributed by atoms with Crippen LogP contribution >= 0.6 is 0 Å². The fraction of sp³-hybridized carbons (Fsp3) is 0.800. The molecule has 0 aliphatic carbocycles. The van der Waals surface area contributed by atoms with Crippen LogP contribution in [0.3, 0.4) is 0 Å². The second-order valence-corrected chi connectivity index (χ2v) is 1.81. The normalized spacial score (nSPS) is 28.9. The number of carbonyl (C=O) groups excluding carboxylic acids is 1. The molecule has 2 unspecified atom stereocenters. The van der Waals surface area contributed by atoms with Gasteiger partial charge in [0.1, 0.15) is 12.2 Å². The van der Waals surface area contributed by atoms with E-state index in [9.17, 15) is 4.79 Å². The maximum Gasteiger partial charge on any atom is 0.293 e. The van der Waals surface area contributed by atoms with Crippen LogP contribution in [0.2, 0.25) is 0 Å². The average molecular weight is 116 g/mol. The lowest BCUT2D eigenvalue weighted by atomic mass is 10.3. The third-order valence-corrected chi connectivity index (χ3v) is 1.15. The first-order chi connectivity index (χ1) is 3.84. The van der Waals surface area contributed by atoms with Crippen molar-refractivity contribution in [2.24, 2.45) is 0 Å². The summed E-state index contributed by atoms with van der Waals surface area (Å²) in [5, 5.41) is 0. The van der Waals surface area contributed by atoms with Crippen molar-refractivity contribution in [3.63, 3.8) is 0 Å². The molecule has 46 valence electrons. The molecule has 1 heterocycles. The first kappa shape index (κ1) is 5.56. The predicted octanol–water partition coefficient (Wildman–Crippen LogP) is -0.0533. The van der Waals surface area contributed by atoms with E-state index >= 15 is 0 Å². The number of carbonyl (C=O) groups is 1. The first-order valence-electron chi connectivity index (χ1n) is 2.55. The summed E-state index contributed by atoms with van der Waals surface area (Å²) in [6, 6.07) is 0. The monoisotopic (exact) mass is 116 g/mol. The lowest BCUT2D eigenvalue weighted by molar-refractivity contribution is -0.133. The van der Waals surface area contributed by atoms with Crippen molar-refractivity contribution in [2.45, 2.75) is 19.1 Å². The van der Waals surface area contributed by atoms with Crippen LogP contribution < -0.4 is 0 Å². The highest BCUT2D eigenvalue weighted by atomic mass is 16.6. The molecule has 0 aromatic heterocycles. The Morgan fingerprint density at radius 1 is 2.00 bits per heavy atom. The van der Waals surface area contributed by atoms with Gasteiger partial charge in [0.05, 0.1) is 6.61 Å². The van der Waals surface area contributed by atoms with Gasteiger partial charge in [-0.25, -0.2) is 0 Å². The predicted molar refractivity (Wildman–Crippen MR) is 26.4 cm³/mol. The van der Waals surface area contributed by atoms with Crippen molar-refractivity contribution in [3.8, 4) is 0 Å². The van der Waals surface area contributed by atoms with E-state index in [2.05, 4.69) is 4.74 Å². The van der Waals surface area contributed by atoms with Gasteiger partial charge < -0.3 is 9.47 Å². The molecule has 3 heteroatoms. The summed E-state index contributed by atoms with van der Waals surface area (Å²) in [7, 11) is 0. The molecule has 0 aromatic carbocycles. The number of hydrogen-bond donors (Lipinski definition) is 0. The molecule has 1 saturated heterocycles. The standard InChI is InChI=1S/C5H8O3/c1-4(8-3-6)5-2-7-5/h3-5H,2H2,1H3. The van der Waals surface area contributed by atoms with E-state index in [1.54, 1.807) is 0 Å². The maximum absolute atomic E-state index is 9.67. The van der Waals surface area contributed by atoms with Gasteiger partial charge in [0.2, 0.25) is 0 Å². The van der Waals surface area contributed by atoms with Gasteiger partial charge in [-0.1, -0.05) is 0 Å². The van der Waals surface area contributed by atoms with E-state index in [1.165, 1.54) is 0 Å². The van der Waals surface area contributed by atoms with Gasteiger partial charge in [-0.05, 0) is 6.92 Å². The summed E-state index contributed by atoms with van der Waals surface area (Å²) < 4.78 is 9.40. The molecule has 1 rings (SSSR count). The Morgan fingerprint density at radius 3 is 3.00 bits per heavy atom. The van der Waals surface area contributed by atoms with Gasteiger partial charge in [-0.15, -0.1) is 0 Å². The smallest absolute Gasteiger partial charge is 0.293 e. The Hall–Kier alpha value is -0.570. The second-order valence-electron chi connectivity index (χ2n) is 1.81. The van der Waals surface area contributed by atoms with E-state index in [0.717, 1.165) is 6.61 Å². The van der Waals surface area contributed by atoms with Crippen LogP contribution in [-0.2, 0) is 14.3 Å². The molecular weight excluding hydrogens is 108 g/mol. The zero-order valence-electron chi connectivity index (χ0n) is 4.66. The third-order valence-electron chi connectivity index (χ3n) is 1.15. The average Bonchev–Trinajstić information content (AvgIpc) is 2.45. The fourth-order valence-corrected chi connectivity index (χ4v) is 0.502. The van der Waals surface area contributed by atoms with Crippen LogP contribution in [0.15, 0.2) is 0 Å². The molecular formula is C5H8O3. The quantitative estimate of drug-likeness (QED) is 0.383. The van der Waals surface area contributed by atoms with E-state index < -0.39 is 0 Å². The highest BCUT2D eigenvalue weighted by Crippen LogP contribution is 2.15. The summed E-state index contributed by atoms with van der Waals surface area (Å²) in [6.07, 6.45) is 0.104. The molecule has 1 aliphatic heterocycles. The van der Waals surface area contributed by atoms with Gasteiger partial charge in [-0.2, -0.15) is 0 Å². The number of hydrogen-bond acceptors (Lipinski definition) is 3. The zero-order valence-corrected chi connectivity index (χ0v) is 4.66. The van der Waals surface area contributed by atoms with E-state index in [4.69, 9.17) is 4.74 Å². The molecule has 0 N–H and O–H groups in total. The Labute approximate surface area is 47.6 Å². The van der Waals surface area contributed by atoms with Crippen LogP contribution in [0.5, 0.6) is 0 Å². The van der Waals surface area contributed by atoms with Gasteiger partial charge in [0, 0.05) is 0 Å². The summed E-state index contributed by atoms with van der Waals surface area (Å²) in [5.41, 5.74) is 0. The van der Waals surface area contributed by atoms with Gasteiger partial charge in [0.15, 0.2) is 0 Å². The molecule has 0 bridgehead atoms. The van der Waals surface area contributed by atoms with Crippen LogP contribution in [0.25, 0.3) is 0 Å². The van der Waals surface area contributed by atoms with E-state index in [1.807, 2.05) is 6.92 Å². The van der Waals surface area contributed by atoms with E-state index in [-0.39, 0.29) is 12.2 Å². The molecule has 0 spiro atoms. The molecule has 3 nitrogen and oxygen atoms in total. The minimum absolute atomic E-state index is 0.0625. The highest BCUT2D eigenvalue weighted by Gasteiger charge is 2.30. The minimum Gasteiger partial charge on any atom is -0.462 e. The number of ether oxygens (including phenoxy) is 2. The summed E-state index contributed by atoms with van der Waals surface area (Å²) >= 11 is 0. The maximum atomic E-state index is 9.67. The Bertz CT molecular complexity index is 87.7. The lowest BCUT2D eigenvalue weighted by Crippen LogP contribution is -2.13. The minimum atomic E-state index is -0.0625. The number of rotatable bonds is 3. The molecule has 1 fully saturated rings. The summed E-state index contributed by atoms with van der Waals surface area (Å²) in [4.78, 5) is 9.67. The van der Waals surface area contributed by atoms with Crippen molar-refractivity contribution in [3.05, 3.63) is 0 Å². The zero-order chi connectivity index (χ0) is 5.98. The van der Waals surface area contributed by atoms with Crippen LogP contribution in [0, 0.1) is 0 Å². The van der Waals surface area contributed by atoms with Crippen molar-refractivity contribution in [1.29, 1.82) is 0 Å². The van der Waals surface area contributed by atoms with Gasteiger partial charge in [-0.3, -0.25) is 4.79 Å². The second kappa shape index (κ2) is 2.13. The van der Waals surface area contributed by atoms with Crippen LogP contribution in [0.1, 0.15) is 6.92 Å². The fourth-order valence-electron chi connectivity index (χ4n) is 0.502. The van der Waals surface area contributed by atoms with Gasteiger partial charge in [0.25, 0.3) is 6.47 Å². The molecule has 0 aromatic rings. The van der Waals surface area contributed by atoms with Crippen molar-refractivity contribution in [1.82, 2.24) is 0 Å². The van der Waals surface area contributed by atoms with Crippen molar-refractivity contribution >= 4 is 6.47 Å². The van der Waals surface area contributed by atoms with Crippen molar-refractivity contribution in [2.75, 3.05) is 6.61 Å². The lowest BCUT2D eigenvalue weighted by Gasteiger charge is -2.02. The highest BCUT2D eigenvalue weighted by molar-refractivity contribution is 5.37. The topological polar surface area (TPSA) is 38.8 Å². The van der Waals surface area contributed by atoms with Gasteiger partial charge >= 0.3 is 0 Å². The van der Waals surface area contributed by atoms with Crippen LogP contribution in [0.4, 0.5) is 0 Å². The summed E-state index contributed by atoms with van der Waals surface area (Å²) in [6.45, 7) is 2.99. The molecule has 0 radical (unpaired) electrons. The molecule has 2 atom stereocenters. The Balaban J connectivity index is 2.12. The molecule has 1 aliphatic rings. The largest absolute Gasteiger partial charge is 0.462 e. The number of epoxide rings is 1. The first-order valence-corrected chi connectivity index (χ1v) is 2.55. The molecule has 0 amide bonds. The SMILES string of the molecule is CC(OC=O)C1CO1. The third kappa shape index (κ3) is 1.20. The van der Waals surface area contributed by atoms with Crippen molar-refractivity contribution < 1.29 is 14.3 Å². The Kier molecular flexibility index (Phi) is 1.48.